The normalized spacial score (nSPS) is 10.9. The van der Waals surface area contributed by atoms with Crippen LogP contribution in [0.2, 0.25) is 0 Å². The molecule has 0 saturated carbocycles. The average molecular weight is 216 g/mol. The van der Waals surface area contributed by atoms with E-state index in [1.165, 1.54) is 0 Å². The average Bonchev–Trinajstić information content (AvgIpc) is 2.58. The highest BCUT2D eigenvalue weighted by Gasteiger charge is 2.14. The lowest BCUT2D eigenvalue weighted by molar-refractivity contribution is 0.0987. The molecule has 2 N–H and O–H groups in total. The molecule has 1 aromatic heterocycles. The summed E-state index contributed by atoms with van der Waals surface area (Å²) in [7, 11) is 1.96. The van der Waals surface area contributed by atoms with Gasteiger partial charge in [-0.3, -0.25) is 4.79 Å². The summed E-state index contributed by atoms with van der Waals surface area (Å²) in [6, 6.07) is 6.07. The van der Waals surface area contributed by atoms with Gasteiger partial charge in [0.05, 0.1) is 0 Å². The van der Waals surface area contributed by atoms with Gasteiger partial charge >= 0.3 is 0 Å². The number of aromatic nitrogens is 1. The standard InChI is InChI=1S/C13H16N2O/c1-9-4-3-5-11-13(9)10(8-15(11)2)12(16)6-7-14/h3-5,8H,6-7,14H2,1-2H3. The Hall–Kier alpha value is -1.61. The minimum absolute atomic E-state index is 0.127. The minimum Gasteiger partial charge on any atom is -0.350 e. The number of carbonyl (C=O) groups excluding carboxylic acids is 1. The first-order valence-corrected chi connectivity index (χ1v) is 5.43. The quantitative estimate of drug-likeness (QED) is 0.798. The molecule has 0 spiro atoms. The second-order valence-electron chi connectivity index (χ2n) is 4.08. The summed E-state index contributed by atoms with van der Waals surface area (Å²) >= 11 is 0. The van der Waals surface area contributed by atoms with E-state index < -0.39 is 0 Å². The maximum atomic E-state index is 11.9. The van der Waals surface area contributed by atoms with Gasteiger partial charge in [0.1, 0.15) is 0 Å². The van der Waals surface area contributed by atoms with Crippen LogP contribution in [0.4, 0.5) is 0 Å². The molecule has 2 rings (SSSR count). The number of benzene rings is 1. The van der Waals surface area contributed by atoms with Gasteiger partial charge in [-0.15, -0.1) is 0 Å². The monoisotopic (exact) mass is 216 g/mol. The number of carbonyl (C=O) groups is 1. The second kappa shape index (κ2) is 4.10. The van der Waals surface area contributed by atoms with Crippen molar-refractivity contribution in [1.82, 2.24) is 4.57 Å². The highest BCUT2D eigenvalue weighted by molar-refractivity contribution is 6.09. The zero-order chi connectivity index (χ0) is 11.7. The molecule has 0 atom stereocenters. The molecule has 0 radical (unpaired) electrons. The van der Waals surface area contributed by atoms with Crippen LogP contribution in [0.3, 0.4) is 0 Å². The van der Waals surface area contributed by atoms with Crippen molar-refractivity contribution >= 4 is 16.7 Å². The van der Waals surface area contributed by atoms with Gasteiger partial charge in [-0.25, -0.2) is 0 Å². The SMILES string of the molecule is Cc1cccc2c1c(C(=O)CCN)cn2C. The van der Waals surface area contributed by atoms with Gasteiger partial charge in [0.25, 0.3) is 0 Å². The molecular formula is C13H16N2O. The van der Waals surface area contributed by atoms with Crippen molar-refractivity contribution < 1.29 is 4.79 Å². The van der Waals surface area contributed by atoms with E-state index in [2.05, 4.69) is 0 Å². The summed E-state index contributed by atoms with van der Waals surface area (Å²) in [5.74, 6) is 0.127. The molecule has 0 amide bonds. The first kappa shape index (κ1) is 10.9. The summed E-state index contributed by atoms with van der Waals surface area (Å²) in [6.45, 7) is 2.43. The Morgan fingerprint density at radius 3 is 2.88 bits per heavy atom. The third-order valence-electron chi connectivity index (χ3n) is 2.89. The molecule has 2 aromatic rings. The van der Waals surface area contributed by atoms with Gasteiger partial charge in [-0.1, -0.05) is 12.1 Å². The molecule has 0 unspecified atom stereocenters. The molecular weight excluding hydrogens is 200 g/mol. The number of hydrogen-bond acceptors (Lipinski definition) is 2. The number of Topliss-reactive ketones (excluding diaryl/α,β-unsaturated/α-hetero) is 1. The second-order valence-corrected chi connectivity index (χ2v) is 4.08. The van der Waals surface area contributed by atoms with Gasteiger partial charge in [0, 0.05) is 36.1 Å². The highest BCUT2D eigenvalue weighted by atomic mass is 16.1. The van der Waals surface area contributed by atoms with E-state index in [9.17, 15) is 4.79 Å². The Morgan fingerprint density at radius 2 is 2.19 bits per heavy atom. The van der Waals surface area contributed by atoms with Gasteiger partial charge < -0.3 is 10.3 Å². The number of nitrogens with zero attached hydrogens (tertiary/aromatic N) is 1. The van der Waals surface area contributed by atoms with Gasteiger partial charge in [0.15, 0.2) is 5.78 Å². The van der Waals surface area contributed by atoms with Crippen molar-refractivity contribution in [2.75, 3.05) is 6.54 Å². The van der Waals surface area contributed by atoms with E-state index in [0.717, 1.165) is 22.0 Å². The van der Waals surface area contributed by atoms with Crippen LogP contribution in [0.15, 0.2) is 24.4 Å². The number of rotatable bonds is 3. The zero-order valence-electron chi connectivity index (χ0n) is 9.66. The molecule has 0 aliphatic carbocycles. The van der Waals surface area contributed by atoms with Gasteiger partial charge in [-0.05, 0) is 25.1 Å². The van der Waals surface area contributed by atoms with Crippen LogP contribution in [0.25, 0.3) is 10.9 Å². The molecule has 1 aromatic carbocycles. The van der Waals surface area contributed by atoms with Crippen LogP contribution in [-0.2, 0) is 7.05 Å². The Bertz CT molecular complexity index is 540. The van der Waals surface area contributed by atoms with Crippen molar-refractivity contribution in [1.29, 1.82) is 0 Å². The number of fused-ring (bicyclic) bond motifs is 1. The molecule has 84 valence electrons. The molecule has 0 aliphatic heterocycles. The largest absolute Gasteiger partial charge is 0.350 e. The maximum absolute atomic E-state index is 11.9. The Labute approximate surface area is 94.9 Å². The Balaban J connectivity index is 2.66. The van der Waals surface area contributed by atoms with Crippen LogP contribution in [-0.4, -0.2) is 16.9 Å². The number of ketones is 1. The molecule has 16 heavy (non-hydrogen) atoms. The van der Waals surface area contributed by atoms with Crippen LogP contribution in [0.5, 0.6) is 0 Å². The van der Waals surface area contributed by atoms with E-state index in [0.29, 0.717) is 13.0 Å². The molecule has 3 heteroatoms. The van der Waals surface area contributed by atoms with Crippen LogP contribution < -0.4 is 5.73 Å². The number of aryl methyl sites for hydroxylation is 2. The Morgan fingerprint density at radius 1 is 1.44 bits per heavy atom. The van der Waals surface area contributed by atoms with Crippen LogP contribution in [0, 0.1) is 6.92 Å². The topological polar surface area (TPSA) is 48.0 Å². The first-order chi connectivity index (χ1) is 7.65. The summed E-state index contributed by atoms with van der Waals surface area (Å²) in [4.78, 5) is 11.9. The predicted octanol–water partition coefficient (Wildman–Crippen LogP) is 2.02. The zero-order valence-corrected chi connectivity index (χ0v) is 9.66. The molecule has 0 bridgehead atoms. The number of hydrogen-bond donors (Lipinski definition) is 1. The smallest absolute Gasteiger partial charge is 0.166 e. The van der Waals surface area contributed by atoms with Crippen LogP contribution >= 0.6 is 0 Å². The Kier molecular flexibility index (Phi) is 2.79. The molecule has 3 nitrogen and oxygen atoms in total. The van der Waals surface area contributed by atoms with Crippen molar-refractivity contribution in [3.63, 3.8) is 0 Å². The summed E-state index contributed by atoms with van der Waals surface area (Å²) in [5.41, 5.74) is 8.46. The maximum Gasteiger partial charge on any atom is 0.166 e. The summed E-state index contributed by atoms with van der Waals surface area (Å²) in [6.07, 6.45) is 2.31. The van der Waals surface area contributed by atoms with E-state index in [1.54, 1.807) is 0 Å². The molecule has 1 heterocycles. The summed E-state index contributed by atoms with van der Waals surface area (Å²) in [5, 5.41) is 1.06. The molecule has 0 aliphatic rings. The van der Waals surface area contributed by atoms with Crippen molar-refractivity contribution in [3.05, 3.63) is 35.5 Å². The summed E-state index contributed by atoms with van der Waals surface area (Å²) < 4.78 is 1.99. The van der Waals surface area contributed by atoms with Crippen molar-refractivity contribution in [2.45, 2.75) is 13.3 Å². The van der Waals surface area contributed by atoms with Crippen LogP contribution in [0.1, 0.15) is 22.3 Å². The first-order valence-electron chi connectivity index (χ1n) is 5.43. The van der Waals surface area contributed by atoms with Crippen molar-refractivity contribution in [2.24, 2.45) is 12.8 Å². The third kappa shape index (κ3) is 1.63. The molecule has 0 saturated heterocycles. The lowest BCUT2D eigenvalue weighted by Crippen LogP contribution is -2.07. The number of nitrogens with two attached hydrogens (primary N) is 1. The van der Waals surface area contributed by atoms with E-state index in [-0.39, 0.29) is 5.78 Å². The fourth-order valence-corrected chi connectivity index (χ4v) is 2.10. The minimum atomic E-state index is 0.127. The van der Waals surface area contributed by atoms with Crippen molar-refractivity contribution in [3.8, 4) is 0 Å². The molecule has 0 fully saturated rings. The lowest BCUT2D eigenvalue weighted by atomic mass is 10.0. The fourth-order valence-electron chi connectivity index (χ4n) is 2.10. The highest BCUT2D eigenvalue weighted by Crippen LogP contribution is 2.24. The fraction of sp³-hybridized carbons (Fsp3) is 0.308. The lowest BCUT2D eigenvalue weighted by Gasteiger charge is -2.00. The van der Waals surface area contributed by atoms with Gasteiger partial charge in [0.2, 0.25) is 0 Å². The van der Waals surface area contributed by atoms with E-state index >= 15 is 0 Å². The third-order valence-corrected chi connectivity index (χ3v) is 2.89. The van der Waals surface area contributed by atoms with Gasteiger partial charge in [-0.2, -0.15) is 0 Å². The van der Waals surface area contributed by atoms with E-state index in [1.807, 2.05) is 42.9 Å². The van der Waals surface area contributed by atoms with E-state index in [4.69, 9.17) is 5.73 Å². The predicted molar refractivity (Wildman–Crippen MR) is 65.7 cm³/mol.